The fourth-order valence-corrected chi connectivity index (χ4v) is 3.35. The van der Waals surface area contributed by atoms with E-state index in [1.54, 1.807) is 0 Å². The van der Waals surface area contributed by atoms with Crippen LogP contribution in [0.1, 0.15) is 59.3 Å². The number of piperidine rings is 1. The minimum absolute atomic E-state index is 0.226. The van der Waals surface area contributed by atoms with Crippen LogP contribution in [0, 0.1) is 5.41 Å². The fourth-order valence-electron chi connectivity index (χ4n) is 3.35. The molecule has 3 heteroatoms. The number of rotatable bonds is 3. The summed E-state index contributed by atoms with van der Waals surface area (Å²) in [7, 11) is 0. The van der Waals surface area contributed by atoms with Crippen molar-refractivity contribution < 1.29 is 4.79 Å². The molecule has 0 aromatic carbocycles. The van der Waals surface area contributed by atoms with Crippen LogP contribution in [0.4, 0.5) is 0 Å². The van der Waals surface area contributed by atoms with E-state index in [4.69, 9.17) is 0 Å². The van der Waals surface area contributed by atoms with Crippen LogP contribution in [-0.4, -0.2) is 36.0 Å². The maximum atomic E-state index is 12.8. The lowest BCUT2D eigenvalue weighted by atomic mass is 9.81. The summed E-state index contributed by atoms with van der Waals surface area (Å²) in [5, 5.41) is 3.50. The molecule has 1 atom stereocenters. The third-order valence-electron chi connectivity index (χ3n) is 4.73. The van der Waals surface area contributed by atoms with Crippen LogP contribution in [-0.2, 0) is 4.79 Å². The van der Waals surface area contributed by atoms with E-state index in [0.717, 1.165) is 58.2 Å². The second kappa shape index (κ2) is 5.20. The van der Waals surface area contributed by atoms with Crippen molar-refractivity contribution in [1.82, 2.24) is 10.2 Å². The van der Waals surface area contributed by atoms with E-state index < -0.39 is 0 Å². The van der Waals surface area contributed by atoms with Crippen molar-refractivity contribution in [1.29, 1.82) is 0 Å². The van der Waals surface area contributed by atoms with Gasteiger partial charge < -0.3 is 10.2 Å². The molecular formula is C15H28N2O. The van der Waals surface area contributed by atoms with Gasteiger partial charge in [0, 0.05) is 13.1 Å². The van der Waals surface area contributed by atoms with Crippen molar-refractivity contribution in [3.8, 4) is 0 Å². The Hall–Kier alpha value is -0.570. The zero-order valence-electron chi connectivity index (χ0n) is 12.2. The monoisotopic (exact) mass is 252 g/mol. The van der Waals surface area contributed by atoms with Crippen molar-refractivity contribution in [3.63, 3.8) is 0 Å². The smallest absolute Gasteiger partial charge is 0.242 e. The Morgan fingerprint density at radius 1 is 1.22 bits per heavy atom. The molecular weight excluding hydrogens is 224 g/mol. The number of hydrogen-bond donors (Lipinski definition) is 1. The van der Waals surface area contributed by atoms with Gasteiger partial charge in [-0.3, -0.25) is 4.79 Å². The molecule has 3 nitrogen and oxygen atoms in total. The van der Waals surface area contributed by atoms with Crippen molar-refractivity contribution in [3.05, 3.63) is 0 Å². The SMILES string of the molecule is CCCC1(C(=O)N2CCC(C)(C)CC2)CCCN1. The molecule has 2 fully saturated rings. The Bertz CT molecular complexity index is 296. The standard InChI is InChI=1S/C15H28N2O/c1-4-6-15(7-5-10-16-15)13(18)17-11-8-14(2,3)9-12-17/h16H,4-12H2,1-3H3. The van der Waals surface area contributed by atoms with E-state index >= 15 is 0 Å². The molecule has 0 radical (unpaired) electrons. The molecule has 1 N–H and O–H groups in total. The van der Waals surface area contributed by atoms with Crippen molar-refractivity contribution >= 4 is 5.91 Å². The van der Waals surface area contributed by atoms with Crippen LogP contribution in [0.15, 0.2) is 0 Å². The molecule has 104 valence electrons. The molecule has 0 saturated carbocycles. The molecule has 2 heterocycles. The molecule has 2 aliphatic rings. The van der Waals surface area contributed by atoms with Crippen LogP contribution < -0.4 is 5.32 Å². The normalized spacial score (nSPS) is 31.6. The molecule has 1 unspecified atom stereocenters. The number of likely N-dealkylation sites (tertiary alicyclic amines) is 1. The first-order valence-corrected chi connectivity index (χ1v) is 7.54. The van der Waals surface area contributed by atoms with Gasteiger partial charge >= 0.3 is 0 Å². The molecule has 18 heavy (non-hydrogen) atoms. The highest BCUT2D eigenvalue weighted by Gasteiger charge is 2.43. The fraction of sp³-hybridized carbons (Fsp3) is 0.933. The number of hydrogen-bond acceptors (Lipinski definition) is 2. The highest BCUT2D eigenvalue weighted by molar-refractivity contribution is 5.86. The van der Waals surface area contributed by atoms with Crippen molar-refractivity contribution in [2.24, 2.45) is 5.41 Å². The summed E-state index contributed by atoms with van der Waals surface area (Å²) in [5.74, 6) is 0.373. The van der Waals surface area contributed by atoms with E-state index in [1.165, 1.54) is 0 Å². The summed E-state index contributed by atoms with van der Waals surface area (Å²) < 4.78 is 0. The van der Waals surface area contributed by atoms with Crippen LogP contribution in [0.3, 0.4) is 0 Å². The van der Waals surface area contributed by atoms with E-state index in [1.807, 2.05) is 0 Å². The Kier molecular flexibility index (Phi) is 4.00. The molecule has 2 aliphatic heterocycles. The summed E-state index contributed by atoms with van der Waals surface area (Å²) in [6.07, 6.45) is 6.52. The van der Waals surface area contributed by atoms with Gasteiger partial charge in [0.1, 0.15) is 0 Å². The summed E-state index contributed by atoms with van der Waals surface area (Å²) in [4.78, 5) is 14.9. The van der Waals surface area contributed by atoms with Crippen molar-refractivity contribution in [2.75, 3.05) is 19.6 Å². The first-order chi connectivity index (χ1) is 8.49. The predicted octanol–water partition coefficient (Wildman–Crippen LogP) is 2.56. The number of carbonyl (C=O) groups excluding carboxylic acids is 1. The summed E-state index contributed by atoms with van der Waals surface area (Å²) in [6, 6.07) is 0. The quantitative estimate of drug-likeness (QED) is 0.837. The van der Waals surface area contributed by atoms with Gasteiger partial charge in [0.05, 0.1) is 5.54 Å². The third-order valence-corrected chi connectivity index (χ3v) is 4.73. The highest BCUT2D eigenvalue weighted by Crippen LogP contribution is 2.33. The number of carbonyl (C=O) groups is 1. The second-order valence-electron chi connectivity index (χ2n) is 6.82. The Morgan fingerprint density at radius 2 is 1.89 bits per heavy atom. The molecule has 0 aromatic rings. The Morgan fingerprint density at radius 3 is 2.39 bits per heavy atom. The predicted molar refractivity (Wildman–Crippen MR) is 74.5 cm³/mol. The van der Waals surface area contributed by atoms with Crippen LogP contribution in [0.5, 0.6) is 0 Å². The average molecular weight is 252 g/mol. The van der Waals surface area contributed by atoms with Gasteiger partial charge in [0.15, 0.2) is 0 Å². The van der Waals surface area contributed by atoms with Crippen LogP contribution in [0.25, 0.3) is 0 Å². The first kappa shape index (κ1) is 13.9. The maximum Gasteiger partial charge on any atom is 0.242 e. The van der Waals surface area contributed by atoms with Crippen LogP contribution in [0.2, 0.25) is 0 Å². The summed E-state index contributed by atoms with van der Waals surface area (Å²) in [6.45, 7) is 9.69. The molecule has 2 rings (SSSR count). The lowest BCUT2D eigenvalue weighted by Gasteiger charge is -2.41. The molecule has 0 aliphatic carbocycles. The number of nitrogens with one attached hydrogen (secondary N) is 1. The lowest BCUT2D eigenvalue weighted by molar-refractivity contribution is -0.140. The number of amides is 1. The minimum Gasteiger partial charge on any atom is -0.341 e. The number of nitrogens with zero attached hydrogens (tertiary/aromatic N) is 1. The van der Waals surface area contributed by atoms with Gasteiger partial charge in [-0.15, -0.1) is 0 Å². The van der Waals surface area contributed by atoms with Gasteiger partial charge in [-0.2, -0.15) is 0 Å². The van der Waals surface area contributed by atoms with Gasteiger partial charge in [-0.25, -0.2) is 0 Å². The lowest BCUT2D eigenvalue weighted by Crippen LogP contribution is -2.56. The molecule has 2 saturated heterocycles. The third kappa shape index (κ3) is 2.71. The van der Waals surface area contributed by atoms with E-state index in [-0.39, 0.29) is 5.54 Å². The first-order valence-electron chi connectivity index (χ1n) is 7.54. The van der Waals surface area contributed by atoms with Gasteiger partial charge in [0.2, 0.25) is 5.91 Å². The topological polar surface area (TPSA) is 32.3 Å². The Balaban J connectivity index is 2.01. The van der Waals surface area contributed by atoms with Crippen molar-refractivity contribution in [2.45, 2.75) is 64.8 Å². The summed E-state index contributed by atoms with van der Waals surface area (Å²) in [5.41, 5.74) is 0.189. The molecule has 0 bridgehead atoms. The van der Waals surface area contributed by atoms with Crippen LogP contribution >= 0.6 is 0 Å². The molecule has 1 amide bonds. The van der Waals surface area contributed by atoms with Gasteiger partial charge in [-0.05, 0) is 44.1 Å². The zero-order chi connectivity index (χ0) is 13.2. The highest BCUT2D eigenvalue weighted by atomic mass is 16.2. The zero-order valence-corrected chi connectivity index (χ0v) is 12.2. The van der Waals surface area contributed by atoms with E-state index in [0.29, 0.717) is 11.3 Å². The largest absolute Gasteiger partial charge is 0.341 e. The minimum atomic E-state index is -0.226. The molecule has 0 spiro atoms. The van der Waals surface area contributed by atoms with E-state index in [9.17, 15) is 4.79 Å². The summed E-state index contributed by atoms with van der Waals surface area (Å²) >= 11 is 0. The second-order valence-corrected chi connectivity index (χ2v) is 6.82. The average Bonchev–Trinajstić information content (AvgIpc) is 2.78. The van der Waals surface area contributed by atoms with E-state index in [2.05, 4.69) is 31.0 Å². The maximum absolute atomic E-state index is 12.8. The van der Waals surface area contributed by atoms with Gasteiger partial charge in [0.25, 0.3) is 0 Å². The molecule has 0 aromatic heterocycles. The van der Waals surface area contributed by atoms with Gasteiger partial charge in [-0.1, -0.05) is 27.2 Å². The Labute approximate surface area is 111 Å².